The van der Waals surface area contributed by atoms with E-state index < -0.39 is 29.5 Å². The summed E-state index contributed by atoms with van der Waals surface area (Å²) < 4.78 is 10.3. The second kappa shape index (κ2) is 8.99. The number of carbonyl (C=O) groups excluding carboxylic acids is 3. The van der Waals surface area contributed by atoms with Crippen LogP contribution < -0.4 is 9.64 Å². The molecule has 34 heavy (non-hydrogen) atoms. The standard InChI is InChI=1S/C23H21N3O6S2/c1-10-19(33-12(3)24-10)17(27)15-16(13-8-6-7-9-14(13)31-4)26(21(29)18(15)28)23-25-11(2)20(34-23)22(30)32-5/h6-9,16,28H,1-5H3. The SMILES string of the molecule is COC(=O)c1sc(N2C(=O)C(O)=C(C(=O)c3sc(C)nc3C)C2c2ccccc2OC)nc1C. The highest BCUT2D eigenvalue weighted by Gasteiger charge is 2.47. The van der Waals surface area contributed by atoms with Gasteiger partial charge in [0.15, 0.2) is 10.9 Å². The van der Waals surface area contributed by atoms with Gasteiger partial charge in [-0.1, -0.05) is 29.5 Å². The number of aliphatic hydroxyl groups excluding tert-OH is 1. The summed E-state index contributed by atoms with van der Waals surface area (Å²) in [5, 5.41) is 11.8. The van der Waals surface area contributed by atoms with E-state index in [1.165, 1.54) is 30.5 Å². The molecule has 9 nitrogen and oxygen atoms in total. The number of aliphatic hydroxyl groups is 1. The van der Waals surface area contributed by atoms with Gasteiger partial charge in [-0.05, 0) is 26.8 Å². The second-order valence-electron chi connectivity index (χ2n) is 7.46. The highest BCUT2D eigenvalue weighted by atomic mass is 32.1. The number of thiazole rings is 2. The van der Waals surface area contributed by atoms with Crippen LogP contribution in [0.3, 0.4) is 0 Å². The Labute approximate surface area is 203 Å². The number of Topliss-reactive ketones (excluding diaryl/α,β-unsaturated/α-hetero) is 1. The Morgan fingerprint density at radius 3 is 2.32 bits per heavy atom. The fourth-order valence-electron chi connectivity index (χ4n) is 3.85. The Morgan fingerprint density at radius 2 is 1.71 bits per heavy atom. The zero-order valence-electron chi connectivity index (χ0n) is 19.0. The molecule has 0 radical (unpaired) electrons. The summed E-state index contributed by atoms with van der Waals surface area (Å²) in [5.41, 5.74) is 1.26. The zero-order valence-corrected chi connectivity index (χ0v) is 20.7. The van der Waals surface area contributed by atoms with Gasteiger partial charge in [0.2, 0.25) is 5.78 Å². The largest absolute Gasteiger partial charge is 0.503 e. The van der Waals surface area contributed by atoms with Crippen LogP contribution in [0.25, 0.3) is 0 Å². The lowest BCUT2D eigenvalue weighted by atomic mass is 9.94. The number of rotatable bonds is 6. The molecule has 0 bridgehead atoms. The molecule has 0 spiro atoms. The number of aryl methyl sites for hydroxylation is 3. The van der Waals surface area contributed by atoms with Gasteiger partial charge in [0.1, 0.15) is 16.7 Å². The molecule has 1 N–H and O–H groups in total. The number of ether oxygens (including phenoxy) is 2. The maximum Gasteiger partial charge on any atom is 0.350 e. The van der Waals surface area contributed by atoms with E-state index in [1.807, 2.05) is 0 Å². The van der Waals surface area contributed by atoms with Crippen LogP contribution in [0, 0.1) is 20.8 Å². The van der Waals surface area contributed by atoms with E-state index >= 15 is 0 Å². The Bertz CT molecular complexity index is 1360. The van der Waals surface area contributed by atoms with E-state index in [0.29, 0.717) is 32.6 Å². The fraction of sp³-hybridized carbons (Fsp3) is 0.261. The van der Waals surface area contributed by atoms with Gasteiger partial charge in [0.05, 0.1) is 41.1 Å². The van der Waals surface area contributed by atoms with Gasteiger partial charge in [-0.25, -0.2) is 14.8 Å². The number of ketones is 1. The lowest BCUT2D eigenvalue weighted by molar-refractivity contribution is -0.117. The number of hydrogen-bond donors (Lipinski definition) is 1. The van der Waals surface area contributed by atoms with Gasteiger partial charge >= 0.3 is 5.97 Å². The minimum absolute atomic E-state index is 0.103. The summed E-state index contributed by atoms with van der Waals surface area (Å²) in [5.74, 6) is -2.16. The molecule has 3 aromatic rings. The Morgan fingerprint density at radius 1 is 1.03 bits per heavy atom. The van der Waals surface area contributed by atoms with Gasteiger partial charge in [0.25, 0.3) is 5.91 Å². The zero-order chi connectivity index (χ0) is 24.7. The molecular formula is C23H21N3O6S2. The maximum atomic E-state index is 13.7. The van der Waals surface area contributed by atoms with Crippen LogP contribution in [0.1, 0.15) is 47.3 Å². The normalized spacial score (nSPS) is 15.7. The number of hydrogen-bond acceptors (Lipinski definition) is 10. The third kappa shape index (κ3) is 3.76. The summed E-state index contributed by atoms with van der Waals surface area (Å²) in [4.78, 5) is 49.6. The molecule has 1 aliphatic rings. The first kappa shape index (κ1) is 23.6. The summed E-state index contributed by atoms with van der Waals surface area (Å²) in [6, 6.07) is 5.88. The molecule has 0 saturated heterocycles. The average molecular weight is 500 g/mol. The maximum absolute atomic E-state index is 13.7. The molecule has 1 aromatic carbocycles. The third-order valence-corrected chi connectivity index (χ3v) is 7.57. The molecule has 11 heteroatoms. The summed E-state index contributed by atoms with van der Waals surface area (Å²) in [7, 11) is 2.73. The summed E-state index contributed by atoms with van der Waals surface area (Å²) in [6.07, 6.45) is 0. The van der Waals surface area contributed by atoms with Gasteiger partial charge in [-0.15, -0.1) is 11.3 Å². The lowest BCUT2D eigenvalue weighted by Crippen LogP contribution is -2.31. The van der Waals surface area contributed by atoms with Gasteiger partial charge in [0, 0.05) is 5.56 Å². The van der Waals surface area contributed by atoms with Crippen LogP contribution in [-0.4, -0.2) is 47.0 Å². The van der Waals surface area contributed by atoms with Crippen LogP contribution in [0.5, 0.6) is 5.75 Å². The topological polar surface area (TPSA) is 119 Å². The van der Waals surface area contributed by atoms with Crippen LogP contribution in [-0.2, 0) is 9.53 Å². The van der Waals surface area contributed by atoms with Crippen molar-refractivity contribution in [1.82, 2.24) is 9.97 Å². The van der Waals surface area contributed by atoms with Crippen molar-refractivity contribution < 1.29 is 29.0 Å². The van der Waals surface area contributed by atoms with E-state index in [2.05, 4.69) is 9.97 Å². The van der Waals surface area contributed by atoms with Crippen molar-refractivity contribution in [3.8, 4) is 5.75 Å². The number of anilines is 1. The van der Waals surface area contributed by atoms with Gasteiger partial charge in [-0.3, -0.25) is 14.5 Å². The van der Waals surface area contributed by atoms with Crippen molar-refractivity contribution in [2.24, 2.45) is 0 Å². The molecule has 4 rings (SSSR count). The molecule has 1 unspecified atom stereocenters. The molecule has 0 fully saturated rings. The minimum Gasteiger partial charge on any atom is -0.503 e. The van der Waals surface area contributed by atoms with Crippen LogP contribution >= 0.6 is 22.7 Å². The third-order valence-electron chi connectivity index (χ3n) is 5.36. The van der Waals surface area contributed by atoms with Crippen molar-refractivity contribution in [2.45, 2.75) is 26.8 Å². The fourth-order valence-corrected chi connectivity index (χ4v) is 5.74. The number of nitrogens with zero attached hydrogens (tertiary/aromatic N) is 3. The number of aromatic nitrogens is 2. The number of esters is 1. The molecule has 2 aromatic heterocycles. The van der Waals surface area contributed by atoms with E-state index in [4.69, 9.17) is 9.47 Å². The molecule has 0 saturated carbocycles. The lowest BCUT2D eigenvalue weighted by Gasteiger charge is -2.25. The number of carbonyl (C=O) groups is 3. The molecule has 0 aliphatic carbocycles. The number of amides is 1. The molecule has 3 heterocycles. The van der Waals surface area contributed by atoms with Crippen LogP contribution in [0.15, 0.2) is 35.6 Å². The van der Waals surface area contributed by atoms with E-state index in [0.717, 1.165) is 11.3 Å². The van der Waals surface area contributed by atoms with Crippen molar-refractivity contribution in [3.05, 3.63) is 67.3 Å². The first-order valence-electron chi connectivity index (χ1n) is 10.1. The summed E-state index contributed by atoms with van der Waals surface area (Å²) >= 11 is 2.13. The van der Waals surface area contributed by atoms with E-state index in [9.17, 15) is 19.5 Å². The van der Waals surface area contributed by atoms with Gasteiger partial charge in [-0.2, -0.15) is 0 Å². The predicted molar refractivity (Wildman–Crippen MR) is 127 cm³/mol. The van der Waals surface area contributed by atoms with E-state index in [-0.39, 0.29) is 15.6 Å². The molecule has 176 valence electrons. The molecule has 1 aliphatic heterocycles. The Kier molecular flexibility index (Phi) is 6.24. The summed E-state index contributed by atoms with van der Waals surface area (Å²) in [6.45, 7) is 5.10. The van der Waals surface area contributed by atoms with Crippen molar-refractivity contribution in [3.63, 3.8) is 0 Å². The van der Waals surface area contributed by atoms with Crippen molar-refractivity contribution >= 4 is 45.5 Å². The first-order chi connectivity index (χ1) is 16.2. The molecule has 1 atom stereocenters. The first-order valence-corrected chi connectivity index (χ1v) is 11.8. The highest BCUT2D eigenvalue weighted by molar-refractivity contribution is 7.17. The van der Waals surface area contributed by atoms with Gasteiger partial charge < -0.3 is 14.6 Å². The minimum atomic E-state index is -1.03. The molecular weight excluding hydrogens is 478 g/mol. The quantitative estimate of drug-likeness (QED) is 0.398. The monoisotopic (exact) mass is 499 g/mol. The number of benzene rings is 1. The number of para-hydroxylation sites is 1. The van der Waals surface area contributed by atoms with Crippen LogP contribution in [0.4, 0.5) is 5.13 Å². The smallest absolute Gasteiger partial charge is 0.350 e. The Hall–Kier alpha value is -3.57. The Balaban J connectivity index is 1.93. The van der Waals surface area contributed by atoms with Crippen molar-refractivity contribution in [2.75, 3.05) is 19.1 Å². The molecule has 1 amide bonds. The van der Waals surface area contributed by atoms with Crippen LogP contribution in [0.2, 0.25) is 0 Å². The van der Waals surface area contributed by atoms with Crippen molar-refractivity contribution in [1.29, 1.82) is 0 Å². The highest BCUT2D eigenvalue weighted by Crippen LogP contribution is 2.46. The predicted octanol–water partition coefficient (Wildman–Crippen LogP) is 4.10. The second-order valence-corrected chi connectivity index (χ2v) is 9.64. The number of methoxy groups -OCH3 is 2. The van der Waals surface area contributed by atoms with E-state index in [1.54, 1.807) is 45.0 Å². The average Bonchev–Trinajstić information content (AvgIpc) is 3.45.